The fraction of sp³-hybridized carbons (Fsp3) is 0.308. The molecular weight excluding hydrogens is 478 g/mol. The van der Waals surface area contributed by atoms with Crippen LogP contribution in [0, 0.1) is 0 Å². The van der Waals surface area contributed by atoms with Gasteiger partial charge in [-0.15, -0.1) is 0 Å². The number of carboxylic acid groups (broad SMARTS) is 1. The molecule has 0 saturated carbocycles. The molecule has 0 spiro atoms. The Morgan fingerprint density at radius 2 is 1.51 bits per heavy atom. The van der Waals surface area contributed by atoms with Crippen LogP contribution in [0.5, 0.6) is 5.75 Å². The van der Waals surface area contributed by atoms with Gasteiger partial charge in [0.15, 0.2) is 0 Å². The van der Waals surface area contributed by atoms with Crippen LogP contribution in [0.3, 0.4) is 0 Å². The lowest BCUT2D eigenvalue weighted by molar-refractivity contribution is -0.141. The van der Waals surface area contributed by atoms with E-state index in [2.05, 4.69) is 20.9 Å². The van der Waals surface area contributed by atoms with Gasteiger partial charge in [-0.05, 0) is 49.6 Å². The Morgan fingerprint density at radius 3 is 2.19 bits per heavy atom. The zero-order valence-corrected chi connectivity index (χ0v) is 20.5. The molecule has 3 rings (SSSR count). The summed E-state index contributed by atoms with van der Waals surface area (Å²) in [6.07, 6.45) is 2.01. The fourth-order valence-corrected chi connectivity index (χ4v) is 3.77. The first-order valence-electron chi connectivity index (χ1n) is 11.8. The maximum absolute atomic E-state index is 12.9. The second-order valence-electron chi connectivity index (χ2n) is 8.90. The minimum Gasteiger partial charge on any atom is -0.508 e. The van der Waals surface area contributed by atoms with E-state index in [0.717, 1.165) is 22.0 Å². The topological polar surface area (TPSA) is 187 Å². The van der Waals surface area contributed by atoms with Crippen molar-refractivity contribution in [1.29, 1.82) is 0 Å². The van der Waals surface area contributed by atoms with Crippen LogP contribution in [-0.4, -0.2) is 63.1 Å². The van der Waals surface area contributed by atoms with Gasteiger partial charge >= 0.3 is 5.97 Å². The third-order valence-corrected chi connectivity index (χ3v) is 5.94. The molecule has 1 aromatic heterocycles. The molecule has 0 aliphatic carbocycles. The number of carbonyl (C=O) groups excluding carboxylic acids is 3. The molecule has 196 valence electrons. The molecule has 11 heteroatoms. The Bertz CT molecular complexity index is 1270. The predicted molar refractivity (Wildman–Crippen MR) is 137 cm³/mol. The highest BCUT2D eigenvalue weighted by Crippen LogP contribution is 2.19. The number of rotatable bonds is 11. The number of para-hydroxylation sites is 1. The molecule has 1 heterocycles. The summed E-state index contributed by atoms with van der Waals surface area (Å²) in [7, 11) is 0. The first-order chi connectivity index (χ1) is 17.5. The van der Waals surface area contributed by atoms with Gasteiger partial charge in [-0.2, -0.15) is 0 Å². The van der Waals surface area contributed by atoms with Crippen LogP contribution in [-0.2, 0) is 32.0 Å². The van der Waals surface area contributed by atoms with Crippen LogP contribution >= 0.6 is 0 Å². The first-order valence-corrected chi connectivity index (χ1v) is 11.8. The normalized spacial score (nSPS) is 14.2. The second kappa shape index (κ2) is 12.0. The van der Waals surface area contributed by atoms with Gasteiger partial charge < -0.3 is 36.9 Å². The monoisotopic (exact) mass is 509 g/mol. The summed E-state index contributed by atoms with van der Waals surface area (Å²) >= 11 is 0. The minimum absolute atomic E-state index is 0.0922. The summed E-state index contributed by atoms with van der Waals surface area (Å²) in [6.45, 7) is 2.78. The molecule has 4 unspecified atom stereocenters. The van der Waals surface area contributed by atoms with Crippen molar-refractivity contribution in [3.63, 3.8) is 0 Å². The van der Waals surface area contributed by atoms with Crippen molar-refractivity contribution < 1.29 is 29.4 Å². The lowest BCUT2D eigenvalue weighted by atomic mass is 10.0. The highest BCUT2D eigenvalue weighted by Gasteiger charge is 2.28. The van der Waals surface area contributed by atoms with Crippen molar-refractivity contribution in [2.45, 2.75) is 50.9 Å². The standard InChI is InChI=1S/C26H31N5O6/c1-14(29-24(34)20(27)11-16-7-9-18(32)10-8-16)23(33)31-22(25(35)30-15(2)26(36)37)12-17-13-28-21-6-4-3-5-19(17)21/h3-10,13-15,20,22,28,32H,11-12,27H2,1-2H3,(H,29,34)(H,30,35)(H,31,33)(H,36,37). The summed E-state index contributed by atoms with van der Waals surface area (Å²) in [5, 5.41) is 27.0. The van der Waals surface area contributed by atoms with Crippen molar-refractivity contribution in [1.82, 2.24) is 20.9 Å². The fourth-order valence-electron chi connectivity index (χ4n) is 3.77. The first kappa shape index (κ1) is 27.2. The largest absolute Gasteiger partial charge is 0.508 e. The van der Waals surface area contributed by atoms with Crippen LogP contribution < -0.4 is 21.7 Å². The molecule has 0 fully saturated rings. The summed E-state index contributed by atoms with van der Waals surface area (Å²) in [5.41, 5.74) is 8.33. The lowest BCUT2D eigenvalue weighted by Crippen LogP contribution is -2.56. The molecule has 2 aromatic carbocycles. The number of carboxylic acids is 1. The summed E-state index contributed by atoms with van der Waals surface area (Å²) in [4.78, 5) is 52.7. The van der Waals surface area contributed by atoms with Gasteiger partial charge in [-0.3, -0.25) is 19.2 Å². The van der Waals surface area contributed by atoms with Gasteiger partial charge in [0.1, 0.15) is 23.9 Å². The number of carbonyl (C=O) groups is 4. The van der Waals surface area contributed by atoms with Crippen LogP contribution in [0.1, 0.15) is 25.0 Å². The number of phenolic OH excluding ortho intramolecular Hbond substituents is 1. The zero-order chi connectivity index (χ0) is 27.1. The van der Waals surface area contributed by atoms with E-state index in [1.165, 1.54) is 26.0 Å². The number of aromatic hydroxyl groups is 1. The van der Waals surface area contributed by atoms with Crippen molar-refractivity contribution >= 4 is 34.6 Å². The number of hydrogen-bond acceptors (Lipinski definition) is 6. The molecular formula is C26H31N5O6. The Balaban J connectivity index is 1.68. The molecule has 0 radical (unpaired) electrons. The number of H-pyrrole nitrogens is 1. The Labute approximate surface area is 213 Å². The lowest BCUT2D eigenvalue weighted by Gasteiger charge is -2.23. The van der Waals surface area contributed by atoms with E-state index in [-0.39, 0.29) is 18.6 Å². The predicted octanol–water partition coefficient (Wildman–Crippen LogP) is 0.565. The number of phenols is 1. The minimum atomic E-state index is -1.21. The van der Waals surface area contributed by atoms with Crippen molar-refractivity contribution in [2.24, 2.45) is 5.73 Å². The molecule has 8 N–H and O–H groups in total. The Hall–Kier alpha value is -4.38. The number of aromatic amines is 1. The van der Waals surface area contributed by atoms with Gasteiger partial charge in [0.2, 0.25) is 17.7 Å². The highest BCUT2D eigenvalue weighted by atomic mass is 16.4. The van der Waals surface area contributed by atoms with E-state index in [1.54, 1.807) is 18.3 Å². The summed E-state index contributed by atoms with van der Waals surface area (Å²) in [6, 6.07) is 9.49. The number of nitrogens with one attached hydrogen (secondary N) is 4. The second-order valence-corrected chi connectivity index (χ2v) is 8.90. The average molecular weight is 510 g/mol. The van der Waals surface area contributed by atoms with Crippen LogP contribution in [0.2, 0.25) is 0 Å². The molecule has 37 heavy (non-hydrogen) atoms. The molecule has 0 aliphatic heterocycles. The van der Waals surface area contributed by atoms with Gasteiger partial charge in [-0.25, -0.2) is 0 Å². The maximum Gasteiger partial charge on any atom is 0.325 e. The molecule has 3 amide bonds. The van der Waals surface area contributed by atoms with Gasteiger partial charge in [0.25, 0.3) is 0 Å². The Kier molecular flexibility index (Phi) is 8.86. The highest BCUT2D eigenvalue weighted by molar-refractivity contribution is 5.94. The number of amides is 3. The number of benzene rings is 2. The van der Waals surface area contributed by atoms with Gasteiger partial charge in [-0.1, -0.05) is 30.3 Å². The van der Waals surface area contributed by atoms with Crippen LogP contribution in [0.15, 0.2) is 54.7 Å². The van der Waals surface area contributed by atoms with Crippen molar-refractivity contribution in [3.8, 4) is 5.75 Å². The number of hydrogen-bond donors (Lipinski definition) is 7. The molecule has 0 bridgehead atoms. The smallest absolute Gasteiger partial charge is 0.325 e. The van der Waals surface area contributed by atoms with E-state index >= 15 is 0 Å². The number of fused-ring (bicyclic) bond motifs is 1. The summed E-state index contributed by atoms with van der Waals surface area (Å²) in [5.74, 6) is -2.98. The van der Waals surface area contributed by atoms with E-state index in [1.807, 2.05) is 24.3 Å². The van der Waals surface area contributed by atoms with E-state index < -0.39 is 47.9 Å². The zero-order valence-electron chi connectivity index (χ0n) is 20.5. The van der Waals surface area contributed by atoms with Crippen LogP contribution in [0.25, 0.3) is 10.9 Å². The third-order valence-electron chi connectivity index (χ3n) is 5.94. The SMILES string of the molecule is CC(NC(=O)C(Cc1c[nH]c2ccccc12)NC(=O)C(C)NC(=O)C(N)Cc1ccc(O)cc1)C(=O)O. The third kappa shape index (κ3) is 7.31. The molecule has 0 saturated heterocycles. The van der Waals surface area contributed by atoms with Crippen molar-refractivity contribution in [3.05, 3.63) is 65.9 Å². The number of aliphatic carboxylic acids is 1. The molecule has 11 nitrogen and oxygen atoms in total. The molecule has 0 aliphatic rings. The Morgan fingerprint density at radius 1 is 0.865 bits per heavy atom. The number of nitrogens with two attached hydrogens (primary N) is 1. The summed E-state index contributed by atoms with van der Waals surface area (Å²) < 4.78 is 0. The molecule has 4 atom stereocenters. The van der Waals surface area contributed by atoms with E-state index in [9.17, 15) is 29.4 Å². The van der Waals surface area contributed by atoms with E-state index in [4.69, 9.17) is 5.73 Å². The maximum atomic E-state index is 12.9. The quantitative estimate of drug-likeness (QED) is 0.197. The van der Waals surface area contributed by atoms with Crippen LogP contribution in [0.4, 0.5) is 0 Å². The van der Waals surface area contributed by atoms with Gasteiger partial charge in [0, 0.05) is 23.5 Å². The van der Waals surface area contributed by atoms with Gasteiger partial charge in [0.05, 0.1) is 6.04 Å². The van der Waals surface area contributed by atoms with E-state index in [0.29, 0.717) is 0 Å². The van der Waals surface area contributed by atoms with Crippen molar-refractivity contribution in [2.75, 3.05) is 0 Å². The number of aromatic nitrogens is 1. The average Bonchev–Trinajstić information content (AvgIpc) is 3.27. The molecule has 3 aromatic rings.